The van der Waals surface area contributed by atoms with Gasteiger partial charge in [-0.15, -0.1) is 0 Å². The van der Waals surface area contributed by atoms with Crippen LogP contribution in [0.5, 0.6) is 0 Å². The Hall–Kier alpha value is -2.13. The molecule has 9 heteroatoms. The van der Waals surface area contributed by atoms with Gasteiger partial charge in [-0.3, -0.25) is 4.79 Å². The zero-order valence-corrected chi connectivity index (χ0v) is 18.6. The third kappa shape index (κ3) is 6.71. The number of nitrogens with one attached hydrogen (secondary N) is 2. The summed E-state index contributed by atoms with van der Waals surface area (Å²) in [4.78, 5) is 24.0. The van der Waals surface area contributed by atoms with Gasteiger partial charge in [0.1, 0.15) is 12.1 Å². The summed E-state index contributed by atoms with van der Waals surface area (Å²) in [7, 11) is -3.56. The van der Waals surface area contributed by atoms with Crippen molar-refractivity contribution in [1.82, 2.24) is 14.9 Å². The first-order valence-electron chi connectivity index (χ1n) is 9.72. The number of nitrogens with zero attached hydrogens (tertiary/aromatic N) is 1. The fourth-order valence-electron chi connectivity index (χ4n) is 3.11. The normalized spacial score (nSPS) is 16.3. The van der Waals surface area contributed by atoms with E-state index in [0.29, 0.717) is 30.8 Å². The number of amides is 2. The number of benzene rings is 1. The molecule has 0 aliphatic carbocycles. The lowest BCUT2D eigenvalue weighted by Crippen LogP contribution is -2.49. The standard InChI is InChI=1S/C20H31N3O5S/c1-14-6-7-15(2)17(12-14)29(26,27)23-10-8-16(9-11-23)22-18(24)13-21-19(25)28-20(3,4)5/h6-7,12,16H,8-11,13H2,1-5H3,(H,21,25)(H,22,24). The maximum Gasteiger partial charge on any atom is 0.408 e. The molecule has 0 bridgehead atoms. The summed E-state index contributed by atoms with van der Waals surface area (Å²) in [5.74, 6) is -0.327. The van der Waals surface area contributed by atoms with Gasteiger partial charge in [-0.25, -0.2) is 13.2 Å². The van der Waals surface area contributed by atoms with Crippen LogP contribution in [-0.4, -0.2) is 56.0 Å². The van der Waals surface area contributed by atoms with Crippen LogP contribution >= 0.6 is 0 Å². The Bertz CT molecular complexity index is 853. The zero-order valence-electron chi connectivity index (χ0n) is 17.7. The van der Waals surface area contributed by atoms with Crippen LogP contribution in [0.1, 0.15) is 44.7 Å². The van der Waals surface area contributed by atoms with Gasteiger partial charge >= 0.3 is 6.09 Å². The largest absolute Gasteiger partial charge is 0.444 e. The number of rotatable bonds is 5. The summed E-state index contributed by atoms with van der Waals surface area (Å²) in [5.41, 5.74) is 0.988. The molecule has 0 aromatic heterocycles. The molecule has 1 aliphatic heterocycles. The Morgan fingerprint density at radius 2 is 1.79 bits per heavy atom. The van der Waals surface area contributed by atoms with Crippen LogP contribution in [-0.2, 0) is 19.6 Å². The Morgan fingerprint density at radius 1 is 1.17 bits per heavy atom. The van der Waals surface area contributed by atoms with Crippen LogP contribution in [0.25, 0.3) is 0 Å². The lowest BCUT2D eigenvalue weighted by Gasteiger charge is -2.32. The maximum absolute atomic E-state index is 13.0. The number of hydrogen-bond donors (Lipinski definition) is 2. The molecular weight excluding hydrogens is 394 g/mol. The van der Waals surface area contributed by atoms with Crippen molar-refractivity contribution < 1.29 is 22.7 Å². The molecule has 162 valence electrons. The first-order valence-corrected chi connectivity index (χ1v) is 11.2. The minimum atomic E-state index is -3.56. The zero-order chi connectivity index (χ0) is 21.8. The molecule has 0 radical (unpaired) electrons. The van der Waals surface area contributed by atoms with Crippen LogP contribution in [0.15, 0.2) is 23.1 Å². The predicted molar refractivity (Wildman–Crippen MR) is 110 cm³/mol. The molecule has 29 heavy (non-hydrogen) atoms. The van der Waals surface area contributed by atoms with Crippen LogP contribution in [0, 0.1) is 13.8 Å². The highest BCUT2D eigenvalue weighted by atomic mass is 32.2. The van der Waals surface area contributed by atoms with Crippen molar-refractivity contribution in [2.24, 2.45) is 0 Å². The van der Waals surface area contributed by atoms with Gasteiger partial charge in [0.05, 0.1) is 4.90 Å². The van der Waals surface area contributed by atoms with Crippen LogP contribution in [0.4, 0.5) is 4.79 Å². The molecule has 2 rings (SSSR count). The van der Waals surface area contributed by atoms with E-state index < -0.39 is 21.7 Å². The topological polar surface area (TPSA) is 105 Å². The number of ether oxygens (including phenoxy) is 1. The quantitative estimate of drug-likeness (QED) is 0.752. The fraction of sp³-hybridized carbons (Fsp3) is 0.600. The van der Waals surface area contributed by atoms with Crippen molar-refractivity contribution in [2.45, 2.75) is 64.0 Å². The summed E-state index contributed by atoms with van der Waals surface area (Å²) >= 11 is 0. The fourth-order valence-corrected chi connectivity index (χ4v) is 4.89. The van der Waals surface area contributed by atoms with E-state index in [1.54, 1.807) is 33.8 Å². The third-order valence-corrected chi connectivity index (χ3v) is 6.61. The van der Waals surface area contributed by atoms with Gasteiger partial charge in [0.15, 0.2) is 0 Å². The number of aryl methyl sites for hydroxylation is 2. The molecule has 1 aromatic rings. The molecule has 0 atom stereocenters. The smallest absolute Gasteiger partial charge is 0.408 e. The second-order valence-corrected chi connectivity index (χ2v) is 10.3. The lowest BCUT2D eigenvalue weighted by molar-refractivity contribution is -0.121. The number of piperidine rings is 1. The highest BCUT2D eigenvalue weighted by molar-refractivity contribution is 7.89. The van der Waals surface area contributed by atoms with Gasteiger partial charge in [-0.1, -0.05) is 12.1 Å². The first-order chi connectivity index (χ1) is 13.4. The van der Waals surface area contributed by atoms with Gasteiger partial charge < -0.3 is 15.4 Å². The third-order valence-electron chi connectivity index (χ3n) is 4.57. The van der Waals surface area contributed by atoms with Gasteiger partial charge in [0.25, 0.3) is 0 Å². The average molecular weight is 426 g/mol. The molecular formula is C20H31N3O5S. The summed E-state index contributed by atoms with van der Waals surface area (Å²) in [6.07, 6.45) is 0.381. The number of sulfonamides is 1. The number of hydrogen-bond acceptors (Lipinski definition) is 5. The monoisotopic (exact) mass is 425 g/mol. The van der Waals surface area contributed by atoms with Gasteiger partial charge in [0.2, 0.25) is 15.9 Å². The highest BCUT2D eigenvalue weighted by Gasteiger charge is 2.31. The van der Waals surface area contributed by atoms with Crippen LogP contribution in [0.3, 0.4) is 0 Å². The molecule has 1 aliphatic rings. The van der Waals surface area contributed by atoms with E-state index in [0.717, 1.165) is 11.1 Å². The Labute approximate surface area is 173 Å². The Kier molecular flexibility index (Phi) is 7.29. The predicted octanol–water partition coefficient (Wildman–Crippen LogP) is 2.10. The Morgan fingerprint density at radius 3 is 2.38 bits per heavy atom. The Balaban J connectivity index is 1.85. The molecule has 0 unspecified atom stereocenters. The molecule has 0 spiro atoms. The summed E-state index contributed by atoms with van der Waals surface area (Å²) in [5, 5.41) is 5.25. The molecule has 2 N–H and O–H groups in total. The van der Waals surface area contributed by atoms with Crippen molar-refractivity contribution in [1.29, 1.82) is 0 Å². The van der Waals surface area contributed by atoms with Crippen LogP contribution in [0.2, 0.25) is 0 Å². The second-order valence-electron chi connectivity index (χ2n) is 8.37. The van der Waals surface area contributed by atoms with Crippen molar-refractivity contribution >= 4 is 22.0 Å². The summed E-state index contributed by atoms with van der Waals surface area (Å²) in [6, 6.07) is 5.27. The molecule has 0 saturated carbocycles. The molecule has 1 fully saturated rings. The minimum Gasteiger partial charge on any atom is -0.444 e. The number of carbonyl (C=O) groups excluding carboxylic acids is 2. The van der Waals surface area contributed by atoms with Crippen LogP contribution < -0.4 is 10.6 Å². The van der Waals surface area contributed by atoms with Crippen molar-refractivity contribution in [2.75, 3.05) is 19.6 Å². The van der Waals surface area contributed by atoms with Crippen molar-refractivity contribution in [3.8, 4) is 0 Å². The summed E-state index contributed by atoms with van der Waals surface area (Å²) < 4.78 is 32.5. The van der Waals surface area contributed by atoms with Gasteiger partial charge in [0, 0.05) is 19.1 Å². The average Bonchev–Trinajstić information content (AvgIpc) is 2.61. The highest BCUT2D eigenvalue weighted by Crippen LogP contribution is 2.24. The van der Waals surface area contributed by atoms with E-state index >= 15 is 0 Å². The van der Waals surface area contributed by atoms with E-state index in [9.17, 15) is 18.0 Å². The molecule has 8 nitrogen and oxygen atoms in total. The SMILES string of the molecule is Cc1ccc(C)c(S(=O)(=O)N2CCC(NC(=O)CNC(=O)OC(C)(C)C)CC2)c1. The van der Waals surface area contributed by atoms with E-state index in [1.165, 1.54) is 4.31 Å². The maximum atomic E-state index is 13.0. The van der Waals surface area contributed by atoms with Crippen molar-refractivity contribution in [3.63, 3.8) is 0 Å². The van der Waals surface area contributed by atoms with E-state index in [4.69, 9.17) is 4.74 Å². The molecule has 1 saturated heterocycles. The first kappa shape index (κ1) is 23.2. The second kappa shape index (κ2) is 9.13. The molecule has 1 heterocycles. The summed E-state index contributed by atoms with van der Waals surface area (Å²) in [6.45, 7) is 9.37. The molecule has 1 aromatic carbocycles. The minimum absolute atomic E-state index is 0.131. The van der Waals surface area contributed by atoms with Gasteiger partial charge in [-0.2, -0.15) is 4.31 Å². The van der Waals surface area contributed by atoms with Crippen molar-refractivity contribution in [3.05, 3.63) is 29.3 Å². The van der Waals surface area contributed by atoms with E-state index in [-0.39, 0.29) is 18.5 Å². The number of alkyl carbamates (subject to hydrolysis) is 1. The van der Waals surface area contributed by atoms with E-state index in [2.05, 4.69) is 10.6 Å². The lowest BCUT2D eigenvalue weighted by atomic mass is 10.1. The van der Waals surface area contributed by atoms with E-state index in [1.807, 2.05) is 19.1 Å². The van der Waals surface area contributed by atoms with Gasteiger partial charge in [-0.05, 0) is 64.7 Å². The molecule has 2 amide bonds. The number of carbonyl (C=O) groups is 2.